The number of benzene rings is 1. The maximum atomic E-state index is 5.81. The highest BCUT2D eigenvalue weighted by atomic mass is 15.2. The second kappa shape index (κ2) is 5.95. The summed E-state index contributed by atoms with van der Waals surface area (Å²) in [5.41, 5.74) is 10.1. The standard InChI is InChI=1S/C17H23N3/c1-12(2)15-7-5-14(6-8-15)11-20(4)17-10-9-16(18)13(3)19-17/h5-10,12H,11,18H2,1-4H3. The second-order valence-electron chi connectivity index (χ2n) is 5.60. The first-order valence-corrected chi connectivity index (χ1v) is 7.00. The molecule has 1 heterocycles. The van der Waals surface area contributed by atoms with E-state index in [9.17, 15) is 0 Å². The Labute approximate surface area is 121 Å². The molecule has 0 fully saturated rings. The van der Waals surface area contributed by atoms with Gasteiger partial charge in [0.25, 0.3) is 0 Å². The number of pyridine rings is 1. The molecule has 106 valence electrons. The van der Waals surface area contributed by atoms with Gasteiger partial charge in [-0.05, 0) is 36.1 Å². The van der Waals surface area contributed by atoms with Gasteiger partial charge in [0, 0.05) is 13.6 Å². The van der Waals surface area contributed by atoms with Crippen molar-refractivity contribution in [2.75, 3.05) is 17.7 Å². The summed E-state index contributed by atoms with van der Waals surface area (Å²) in [5, 5.41) is 0. The number of aryl methyl sites for hydroxylation is 1. The lowest BCUT2D eigenvalue weighted by Gasteiger charge is -2.19. The van der Waals surface area contributed by atoms with Gasteiger partial charge in [0.2, 0.25) is 0 Å². The zero-order chi connectivity index (χ0) is 14.7. The highest BCUT2D eigenvalue weighted by Crippen LogP contribution is 2.19. The van der Waals surface area contributed by atoms with E-state index in [0.717, 1.165) is 23.7 Å². The summed E-state index contributed by atoms with van der Waals surface area (Å²) in [4.78, 5) is 6.65. The van der Waals surface area contributed by atoms with E-state index >= 15 is 0 Å². The molecule has 3 heteroatoms. The zero-order valence-corrected chi connectivity index (χ0v) is 12.7. The van der Waals surface area contributed by atoms with Crippen molar-refractivity contribution < 1.29 is 0 Å². The van der Waals surface area contributed by atoms with Crippen molar-refractivity contribution in [3.8, 4) is 0 Å². The molecular formula is C17H23N3. The summed E-state index contributed by atoms with van der Waals surface area (Å²) >= 11 is 0. The monoisotopic (exact) mass is 269 g/mol. The minimum atomic E-state index is 0.572. The van der Waals surface area contributed by atoms with Crippen molar-refractivity contribution in [3.05, 3.63) is 53.2 Å². The van der Waals surface area contributed by atoms with E-state index in [4.69, 9.17) is 5.73 Å². The van der Waals surface area contributed by atoms with Gasteiger partial charge in [0.1, 0.15) is 5.82 Å². The average molecular weight is 269 g/mol. The molecule has 2 N–H and O–H groups in total. The molecule has 0 atom stereocenters. The Kier molecular flexibility index (Phi) is 4.28. The molecule has 0 aliphatic carbocycles. The third kappa shape index (κ3) is 3.29. The minimum absolute atomic E-state index is 0.572. The van der Waals surface area contributed by atoms with Crippen LogP contribution in [0.1, 0.15) is 36.6 Å². The lowest BCUT2D eigenvalue weighted by Crippen LogP contribution is -2.18. The van der Waals surface area contributed by atoms with E-state index in [2.05, 4.69) is 48.0 Å². The van der Waals surface area contributed by atoms with Gasteiger partial charge in [-0.1, -0.05) is 38.1 Å². The Balaban J connectivity index is 2.10. The molecule has 0 saturated heterocycles. The van der Waals surface area contributed by atoms with E-state index in [1.807, 2.05) is 26.1 Å². The average Bonchev–Trinajstić information content (AvgIpc) is 2.42. The van der Waals surface area contributed by atoms with E-state index in [1.165, 1.54) is 11.1 Å². The maximum Gasteiger partial charge on any atom is 0.128 e. The SMILES string of the molecule is Cc1nc(N(C)Cc2ccc(C(C)C)cc2)ccc1N. The highest BCUT2D eigenvalue weighted by Gasteiger charge is 2.06. The predicted molar refractivity (Wildman–Crippen MR) is 86.0 cm³/mol. The Bertz CT molecular complexity index is 573. The van der Waals surface area contributed by atoms with Gasteiger partial charge in [-0.3, -0.25) is 0 Å². The van der Waals surface area contributed by atoms with Crippen LogP contribution in [0.25, 0.3) is 0 Å². The van der Waals surface area contributed by atoms with Gasteiger partial charge < -0.3 is 10.6 Å². The molecule has 0 aliphatic rings. The van der Waals surface area contributed by atoms with Gasteiger partial charge in [-0.15, -0.1) is 0 Å². The van der Waals surface area contributed by atoms with Crippen molar-refractivity contribution in [2.24, 2.45) is 0 Å². The summed E-state index contributed by atoms with van der Waals surface area (Å²) in [6, 6.07) is 12.7. The predicted octanol–water partition coefficient (Wildman–Crippen LogP) is 3.73. The lowest BCUT2D eigenvalue weighted by atomic mass is 10.0. The molecule has 0 radical (unpaired) electrons. The molecule has 2 rings (SSSR count). The van der Waals surface area contributed by atoms with Crippen LogP contribution in [0.2, 0.25) is 0 Å². The van der Waals surface area contributed by atoms with Crippen LogP contribution < -0.4 is 10.6 Å². The Morgan fingerprint density at radius 2 is 1.75 bits per heavy atom. The third-order valence-corrected chi connectivity index (χ3v) is 3.57. The third-order valence-electron chi connectivity index (χ3n) is 3.57. The largest absolute Gasteiger partial charge is 0.397 e. The molecule has 3 nitrogen and oxygen atoms in total. The Morgan fingerprint density at radius 3 is 2.30 bits per heavy atom. The van der Waals surface area contributed by atoms with E-state index < -0.39 is 0 Å². The van der Waals surface area contributed by atoms with E-state index in [1.54, 1.807) is 0 Å². The number of anilines is 2. The molecule has 0 spiro atoms. The van der Waals surface area contributed by atoms with Crippen molar-refractivity contribution in [1.82, 2.24) is 4.98 Å². The summed E-state index contributed by atoms with van der Waals surface area (Å²) in [6.07, 6.45) is 0. The number of hydrogen-bond acceptors (Lipinski definition) is 3. The summed E-state index contributed by atoms with van der Waals surface area (Å²) < 4.78 is 0. The topological polar surface area (TPSA) is 42.2 Å². The van der Waals surface area contributed by atoms with Gasteiger partial charge >= 0.3 is 0 Å². The number of nitrogens with zero attached hydrogens (tertiary/aromatic N) is 2. The molecular weight excluding hydrogens is 246 g/mol. The van der Waals surface area contributed by atoms with Crippen molar-refractivity contribution in [2.45, 2.75) is 33.2 Å². The van der Waals surface area contributed by atoms with Crippen molar-refractivity contribution in [3.63, 3.8) is 0 Å². The van der Waals surface area contributed by atoms with E-state index in [-0.39, 0.29) is 0 Å². The van der Waals surface area contributed by atoms with Crippen LogP contribution in [0.15, 0.2) is 36.4 Å². The first-order valence-electron chi connectivity index (χ1n) is 7.00. The van der Waals surface area contributed by atoms with Gasteiger partial charge in [-0.2, -0.15) is 0 Å². The first-order chi connectivity index (χ1) is 9.47. The van der Waals surface area contributed by atoms with Crippen LogP contribution >= 0.6 is 0 Å². The Hall–Kier alpha value is -2.03. The fourth-order valence-corrected chi connectivity index (χ4v) is 2.13. The maximum absolute atomic E-state index is 5.81. The molecule has 2 aromatic rings. The fourth-order valence-electron chi connectivity index (χ4n) is 2.13. The van der Waals surface area contributed by atoms with Crippen LogP contribution in [-0.4, -0.2) is 12.0 Å². The van der Waals surface area contributed by atoms with Crippen LogP contribution in [0.3, 0.4) is 0 Å². The molecule has 0 bridgehead atoms. The molecule has 0 aliphatic heterocycles. The summed E-state index contributed by atoms with van der Waals surface area (Å²) in [5.74, 6) is 1.52. The normalized spacial score (nSPS) is 10.8. The Morgan fingerprint density at radius 1 is 1.10 bits per heavy atom. The highest BCUT2D eigenvalue weighted by molar-refractivity contribution is 5.50. The smallest absolute Gasteiger partial charge is 0.128 e. The zero-order valence-electron chi connectivity index (χ0n) is 12.7. The molecule has 1 aromatic heterocycles. The van der Waals surface area contributed by atoms with Gasteiger partial charge in [0.05, 0.1) is 11.4 Å². The lowest BCUT2D eigenvalue weighted by molar-refractivity contribution is 0.858. The van der Waals surface area contributed by atoms with Gasteiger partial charge in [-0.25, -0.2) is 4.98 Å². The minimum Gasteiger partial charge on any atom is -0.397 e. The second-order valence-corrected chi connectivity index (χ2v) is 5.60. The summed E-state index contributed by atoms with van der Waals surface area (Å²) in [6.45, 7) is 7.20. The van der Waals surface area contributed by atoms with Gasteiger partial charge in [0.15, 0.2) is 0 Å². The first kappa shape index (κ1) is 14.4. The number of nitrogen functional groups attached to an aromatic ring is 1. The van der Waals surface area contributed by atoms with Crippen LogP contribution in [0, 0.1) is 6.92 Å². The molecule has 0 amide bonds. The molecule has 20 heavy (non-hydrogen) atoms. The fraction of sp³-hybridized carbons (Fsp3) is 0.353. The van der Waals surface area contributed by atoms with E-state index in [0.29, 0.717) is 5.92 Å². The number of aromatic nitrogens is 1. The number of hydrogen-bond donors (Lipinski definition) is 1. The molecule has 0 unspecified atom stereocenters. The summed E-state index contributed by atoms with van der Waals surface area (Å²) in [7, 11) is 2.05. The number of nitrogens with two attached hydrogens (primary N) is 1. The molecule has 0 saturated carbocycles. The number of rotatable bonds is 4. The quantitative estimate of drug-likeness (QED) is 0.919. The van der Waals surface area contributed by atoms with Crippen LogP contribution in [-0.2, 0) is 6.54 Å². The van der Waals surface area contributed by atoms with Crippen LogP contribution in [0.4, 0.5) is 11.5 Å². The van der Waals surface area contributed by atoms with Crippen molar-refractivity contribution in [1.29, 1.82) is 0 Å². The van der Waals surface area contributed by atoms with Crippen molar-refractivity contribution >= 4 is 11.5 Å². The van der Waals surface area contributed by atoms with Crippen LogP contribution in [0.5, 0.6) is 0 Å². The molecule has 1 aromatic carbocycles.